The lowest BCUT2D eigenvalue weighted by Crippen LogP contribution is -2.07. The molecular weight excluding hydrogens is 158 g/mol. The Kier molecular flexibility index (Phi) is 6.03. The maximum Gasteiger partial charge on any atom is 0.0338 e. The van der Waals surface area contributed by atoms with Crippen LogP contribution in [-0.2, 0) is 0 Å². The van der Waals surface area contributed by atoms with Crippen molar-refractivity contribution < 1.29 is 0 Å². The first-order valence-corrected chi connectivity index (χ1v) is 4.92. The van der Waals surface area contributed by atoms with Gasteiger partial charge in [-0.25, -0.2) is 0 Å². The summed E-state index contributed by atoms with van der Waals surface area (Å²) in [5.74, 6) is 0. The van der Waals surface area contributed by atoms with Crippen LogP contribution in [0.2, 0.25) is 0 Å². The van der Waals surface area contributed by atoms with Gasteiger partial charge in [-0.15, -0.1) is 0 Å². The number of rotatable bonds is 6. The molecule has 0 spiro atoms. The van der Waals surface area contributed by atoms with E-state index in [0.717, 1.165) is 25.0 Å². The van der Waals surface area contributed by atoms with Crippen molar-refractivity contribution in [2.24, 2.45) is 0 Å². The van der Waals surface area contributed by atoms with Gasteiger partial charge in [0.2, 0.25) is 0 Å². The van der Waals surface area contributed by atoms with Gasteiger partial charge in [-0.05, 0) is 31.5 Å². The molecule has 1 nitrogen and oxygen atoms in total. The van der Waals surface area contributed by atoms with E-state index in [2.05, 4.69) is 39.2 Å². The van der Waals surface area contributed by atoms with Crippen molar-refractivity contribution in [2.75, 3.05) is 0 Å². The van der Waals surface area contributed by atoms with E-state index in [1.807, 2.05) is 0 Å². The molecule has 0 aromatic carbocycles. The van der Waals surface area contributed by atoms with Crippen molar-refractivity contribution in [2.45, 2.75) is 40.0 Å². The van der Waals surface area contributed by atoms with Crippen LogP contribution >= 0.6 is 0 Å². The third-order valence-corrected chi connectivity index (χ3v) is 2.19. The minimum absolute atomic E-state index is 0.996. The summed E-state index contributed by atoms with van der Waals surface area (Å²) in [5, 5.41) is 3.06. The molecule has 0 aliphatic rings. The molecule has 0 amide bonds. The lowest BCUT2D eigenvalue weighted by atomic mass is 10.0. The lowest BCUT2D eigenvalue weighted by Gasteiger charge is -2.13. The first-order chi connectivity index (χ1) is 6.17. The molecule has 0 saturated carbocycles. The molecule has 1 heteroatoms. The zero-order chi connectivity index (χ0) is 10.3. The highest BCUT2D eigenvalue weighted by Gasteiger charge is 2.03. The molecule has 13 heavy (non-hydrogen) atoms. The van der Waals surface area contributed by atoms with Crippen molar-refractivity contribution in [3.8, 4) is 0 Å². The Hall–Kier alpha value is -0.980. The number of nitrogens with one attached hydrogen (secondary N) is 1. The molecule has 0 rings (SSSR count). The summed E-state index contributed by atoms with van der Waals surface area (Å²) in [6.45, 7) is 14.2. The summed E-state index contributed by atoms with van der Waals surface area (Å²) in [4.78, 5) is 0. The third-order valence-electron chi connectivity index (χ3n) is 2.19. The molecule has 0 unspecified atom stereocenters. The van der Waals surface area contributed by atoms with Gasteiger partial charge in [-0.1, -0.05) is 39.0 Å². The van der Waals surface area contributed by atoms with Crippen LogP contribution in [0.5, 0.6) is 0 Å². The average molecular weight is 179 g/mol. The van der Waals surface area contributed by atoms with E-state index in [9.17, 15) is 0 Å². The number of hydrogen-bond donors (Lipinski definition) is 1. The molecule has 0 heterocycles. The monoisotopic (exact) mass is 179 g/mol. The summed E-state index contributed by atoms with van der Waals surface area (Å²) < 4.78 is 0. The van der Waals surface area contributed by atoms with E-state index < -0.39 is 0 Å². The Bertz CT molecular complexity index is 211. The average Bonchev–Trinajstić information content (AvgIpc) is 2.13. The second-order valence-electron chi connectivity index (χ2n) is 3.19. The van der Waals surface area contributed by atoms with E-state index in [1.165, 1.54) is 11.1 Å². The summed E-state index contributed by atoms with van der Waals surface area (Å²) in [7, 11) is 0. The van der Waals surface area contributed by atoms with E-state index in [1.54, 1.807) is 6.20 Å². The molecule has 0 radical (unpaired) electrons. The van der Waals surface area contributed by atoms with Crippen LogP contribution in [0.25, 0.3) is 0 Å². The second-order valence-corrected chi connectivity index (χ2v) is 3.19. The highest BCUT2D eigenvalue weighted by Crippen LogP contribution is 2.19. The minimum atomic E-state index is 0.996. The van der Waals surface area contributed by atoms with E-state index >= 15 is 0 Å². The Labute approximate surface area is 82.2 Å². The highest BCUT2D eigenvalue weighted by atomic mass is 14.8. The fourth-order valence-electron chi connectivity index (χ4n) is 1.30. The fourth-order valence-corrected chi connectivity index (χ4v) is 1.30. The minimum Gasteiger partial charge on any atom is -0.363 e. The molecule has 0 aliphatic heterocycles. The van der Waals surface area contributed by atoms with Gasteiger partial charge in [0, 0.05) is 5.70 Å². The molecule has 0 saturated heterocycles. The largest absolute Gasteiger partial charge is 0.363 e. The van der Waals surface area contributed by atoms with E-state index in [-0.39, 0.29) is 0 Å². The first kappa shape index (κ1) is 12.0. The van der Waals surface area contributed by atoms with Crippen molar-refractivity contribution in [3.05, 3.63) is 36.2 Å². The van der Waals surface area contributed by atoms with Gasteiger partial charge in [0.05, 0.1) is 0 Å². The summed E-state index contributed by atoms with van der Waals surface area (Å²) >= 11 is 0. The maximum atomic E-state index is 3.99. The van der Waals surface area contributed by atoms with Gasteiger partial charge in [-0.3, -0.25) is 0 Å². The van der Waals surface area contributed by atoms with Crippen molar-refractivity contribution in [1.82, 2.24) is 5.32 Å². The molecule has 0 aromatic heterocycles. The molecule has 0 aromatic rings. The number of hydrogen-bond acceptors (Lipinski definition) is 1. The first-order valence-electron chi connectivity index (χ1n) is 4.92. The summed E-state index contributed by atoms with van der Waals surface area (Å²) in [6.07, 6.45) is 5.03. The molecule has 0 fully saturated rings. The molecule has 0 aliphatic carbocycles. The van der Waals surface area contributed by atoms with Crippen molar-refractivity contribution in [1.29, 1.82) is 0 Å². The third kappa shape index (κ3) is 3.97. The smallest absolute Gasteiger partial charge is 0.0338 e. The van der Waals surface area contributed by atoms with Crippen LogP contribution in [0.1, 0.15) is 40.0 Å². The van der Waals surface area contributed by atoms with Gasteiger partial charge >= 0.3 is 0 Å². The highest BCUT2D eigenvalue weighted by molar-refractivity contribution is 5.32. The standard InChI is InChI=1S/C12H21N/c1-6-9-12(10(4)7-2)11(5)13-8-3/h8,13H,3,5-7,9H2,1-2,4H3/b12-10+. The SMILES string of the molecule is C=CNC(=C)/C(CCC)=C(\C)CC. The van der Waals surface area contributed by atoms with Gasteiger partial charge in [-0.2, -0.15) is 0 Å². The van der Waals surface area contributed by atoms with Crippen LogP contribution in [0.15, 0.2) is 36.2 Å². The van der Waals surface area contributed by atoms with E-state index in [0.29, 0.717) is 0 Å². The van der Waals surface area contributed by atoms with Crippen molar-refractivity contribution >= 4 is 0 Å². The van der Waals surface area contributed by atoms with Gasteiger partial charge in [0.25, 0.3) is 0 Å². The maximum absolute atomic E-state index is 3.99. The van der Waals surface area contributed by atoms with Crippen LogP contribution in [0, 0.1) is 0 Å². The van der Waals surface area contributed by atoms with Crippen LogP contribution < -0.4 is 5.32 Å². The van der Waals surface area contributed by atoms with Gasteiger partial charge < -0.3 is 5.32 Å². The predicted molar refractivity (Wildman–Crippen MR) is 60.4 cm³/mol. The zero-order valence-electron chi connectivity index (χ0n) is 9.11. The Morgan fingerprint density at radius 3 is 2.38 bits per heavy atom. The lowest BCUT2D eigenvalue weighted by molar-refractivity contribution is 0.858. The molecule has 0 bridgehead atoms. The Balaban J connectivity index is 4.59. The van der Waals surface area contributed by atoms with Crippen LogP contribution in [0.3, 0.4) is 0 Å². The zero-order valence-corrected chi connectivity index (χ0v) is 9.11. The summed E-state index contributed by atoms with van der Waals surface area (Å²) in [6, 6.07) is 0. The quantitative estimate of drug-likeness (QED) is 0.612. The molecule has 0 atom stereocenters. The Morgan fingerprint density at radius 1 is 1.38 bits per heavy atom. The normalized spacial score (nSPS) is 11.9. The van der Waals surface area contributed by atoms with E-state index in [4.69, 9.17) is 0 Å². The molecule has 74 valence electrons. The second kappa shape index (κ2) is 6.53. The van der Waals surface area contributed by atoms with Crippen LogP contribution in [0.4, 0.5) is 0 Å². The number of allylic oxidation sites excluding steroid dienone is 2. The van der Waals surface area contributed by atoms with Crippen LogP contribution in [-0.4, -0.2) is 0 Å². The topological polar surface area (TPSA) is 12.0 Å². The predicted octanol–water partition coefficient (Wildman–Crippen LogP) is 3.76. The van der Waals surface area contributed by atoms with Crippen molar-refractivity contribution in [3.63, 3.8) is 0 Å². The van der Waals surface area contributed by atoms with Gasteiger partial charge in [0.15, 0.2) is 0 Å². The fraction of sp³-hybridized carbons (Fsp3) is 0.500. The Morgan fingerprint density at radius 2 is 2.00 bits per heavy atom. The molecular formula is C12H21N. The van der Waals surface area contributed by atoms with Gasteiger partial charge in [0.1, 0.15) is 0 Å². The molecule has 1 N–H and O–H groups in total. The summed E-state index contributed by atoms with van der Waals surface area (Å²) in [5.41, 5.74) is 3.77.